The van der Waals surface area contributed by atoms with Crippen LogP contribution in [0.25, 0.3) is 10.8 Å². The number of fused-ring (bicyclic) bond motifs is 2. The Labute approximate surface area is 132 Å². The number of piperidine rings is 1. The molecule has 1 aliphatic carbocycles. The fraction of sp³-hybridized carbons (Fsp3) is 0.412. The maximum Gasteiger partial charge on any atom is 0.224 e. The lowest BCUT2D eigenvalue weighted by Crippen LogP contribution is -2.37. The fourth-order valence-electron chi connectivity index (χ4n) is 3.58. The highest BCUT2D eigenvalue weighted by molar-refractivity contribution is 5.88. The molecule has 2 fully saturated rings. The molecular formula is C17H17FN2O3. The second-order valence-electron chi connectivity index (χ2n) is 6.05. The SMILES string of the molecule is COc1ccc2ccnc(OC[C@H]3NC(=O)[C@@H]4[C@H](CF)[C@H]43)c2c1. The van der Waals surface area contributed by atoms with Crippen molar-refractivity contribution in [3.8, 4) is 11.6 Å². The summed E-state index contributed by atoms with van der Waals surface area (Å²) in [5, 5.41) is 4.73. The number of nitrogens with zero attached hydrogens (tertiary/aromatic N) is 1. The molecule has 1 N–H and O–H groups in total. The van der Waals surface area contributed by atoms with Gasteiger partial charge in [0.15, 0.2) is 0 Å². The van der Waals surface area contributed by atoms with Crippen LogP contribution in [0.2, 0.25) is 0 Å². The first-order chi connectivity index (χ1) is 11.2. The molecule has 1 saturated heterocycles. The molecule has 4 atom stereocenters. The van der Waals surface area contributed by atoms with E-state index in [-0.39, 0.29) is 29.7 Å². The van der Waals surface area contributed by atoms with Gasteiger partial charge in [0.2, 0.25) is 11.8 Å². The van der Waals surface area contributed by atoms with Gasteiger partial charge in [-0.3, -0.25) is 9.18 Å². The van der Waals surface area contributed by atoms with Crippen LogP contribution in [0.5, 0.6) is 11.6 Å². The molecule has 1 saturated carbocycles. The Kier molecular flexibility index (Phi) is 3.32. The highest BCUT2D eigenvalue weighted by atomic mass is 19.1. The van der Waals surface area contributed by atoms with Gasteiger partial charge in [-0.2, -0.15) is 0 Å². The van der Waals surface area contributed by atoms with Crippen molar-refractivity contribution in [3.63, 3.8) is 0 Å². The molecule has 23 heavy (non-hydrogen) atoms. The van der Waals surface area contributed by atoms with Crippen molar-refractivity contribution >= 4 is 16.7 Å². The van der Waals surface area contributed by atoms with E-state index in [4.69, 9.17) is 9.47 Å². The van der Waals surface area contributed by atoms with Gasteiger partial charge in [-0.15, -0.1) is 0 Å². The Hall–Kier alpha value is -2.37. The number of halogens is 1. The fourth-order valence-corrected chi connectivity index (χ4v) is 3.58. The van der Waals surface area contributed by atoms with Crippen LogP contribution < -0.4 is 14.8 Å². The number of rotatable bonds is 5. The molecule has 2 heterocycles. The Morgan fingerprint density at radius 3 is 2.96 bits per heavy atom. The van der Waals surface area contributed by atoms with Gasteiger partial charge in [0.05, 0.1) is 19.8 Å². The molecule has 0 unspecified atom stereocenters. The Morgan fingerprint density at radius 2 is 2.22 bits per heavy atom. The summed E-state index contributed by atoms with van der Waals surface area (Å²) >= 11 is 0. The van der Waals surface area contributed by atoms with Crippen LogP contribution in [0.15, 0.2) is 30.5 Å². The smallest absolute Gasteiger partial charge is 0.224 e. The molecule has 120 valence electrons. The van der Waals surface area contributed by atoms with Crippen LogP contribution in [0.4, 0.5) is 4.39 Å². The Morgan fingerprint density at radius 1 is 1.35 bits per heavy atom. The molecule has 4 rings (SSSR count). The van der Waals surface area contributed by atoms with E-state index in [0.29, 0.717) is 12.5 Å². The minimum absolute atomic E-state index is 0.0528. The molecule has 2 aliphatic rings. The average molecular weight is 316 g/mol. The minimum atomic E-state index is -0.441. The molecule has 0 bridgehead atoms. The summed E-state index contributed by atoms with van der Waals surface area (Å²) in [5.41, 5.74) is 0. The number of methoxy groups -OCH3 is 1. The Balaban J connectivity index is 1.53. The van der Waals surface area contributed by atoms with Gasteiger partial charge in [0, 0.05) is 29.3 Å². The second kappa shape index (κ2) is 5.37. The van der Waals surface area contributed by atoms with Gasteiger partial charge < -0.3 is 14.8 Å². The summed E-state index contributed by atoms with van der Waals surface area (Å²) in [6.07, 6.45) is 1.68. The van der Waals surface area contributed by atoms with E-state index in [9.17, 15) is 9.18 Å². The van der Waals surface area contributed by atoms with Gasteiger partial charge in [0.25, 0.3) is 0 Å². The van der Waals surface area contributed by atoms with Gasteiger partial charge in [-0.05, 0) is 23.6 Å². The summed E-state index contributed by atoms with van der Waals surface area (Å²) in [7, 11) is 1.61. The number of nitrogens with one attached hydrogen (secondary N) is 1. The zero-order valence-electron chi connectivity index (χ0n) is 12.7. The number of alkyl halides is 1. The molecule has 1 aromatic heterocycles. The number of carbonyl (C=O) groups excluding carboxylic acids is 1. The second-order valence-corrected chi connectivity index (χ2v) is 6.05. The third-order valence-electron chi connectivity index (χ3n) is 4.84. The van der Waals surface area contributed by atoms with Gasteiger partial charge >= 0.3 is 0 Å². The number of carbonyl (C=O) groups is 1. The van der Waals surface area contributed by atoms with Crippen molar-refractivity contribution in [3.05, 3.63) is 30.5 Å². The summed E-state index contributed by atoms with van der Waals surface area (Å²) in [6.45, 7) is -0.143. The maximum absolute atomic E-state index is 12.9. The van der Waals surface area contributed by atoms with Crippen molar-refractivity contribution in [1.29, 1.82) is 0 Å². The van der Waals surface area contributed by atoms with E-state index >= 15 is 0 Å². The van der Waals surface area contributed by atoms with Gasteiger partial charge in [-0.25, -0.2) is 4.98 Å². The van der Waals surface area contributed by atoms with Gasteiger partial charge in [0.1, 0.15) is 12.4 Å². The van der Waals surface area contributed by atoms with E-state index in [2.05, 4.69) is 10.3 Å². The predicted octanol–water partition coefficient (Wildman–Crippen LogP) is 1.95. The monoisotopic (exact) mass is 316 g/mol. The molecular weight excluding hydrogens is 299 g/mol. The van der Waals surface area contributed by atoms with Crippen molar-refractivity contribution in [2.45, 2.75) is 6.04 Å². The first-order valence-corrected chi connectivity index (χ1v) is 7.65. The molecule has 0 spiro atoms. The van der Waals surface area contributed by atoms with Crippen molar-refractivity contribution in [1.82, 2.24) is 10.3 Å². The van der Waals surface area contributed by atoms with Crippen LogP contribution in [-0.2, 0) is 4.79 Å². The summed E-state index contributed by atoms with van der Waals surface area (Å²) in [6, 6.07) is 7.44. The first-order valence-electron chi connectivity index (χ1n) is 7.65. The van der Waals surface area contributed by atoms with Crippen molar-refractivity contribution < 1.29 is 18.7 Å². The number of benzene rings is 1. The summed E-state index contributed by atoms with van der Waals surface area (Å²) in [5.74, 6) is 0.906. The normalized spacial score (nSPS) is 28.3. The van der Waals surface area contributed by atoms with E-state index in [1.54, 1.807) is 13.3 Å². The molecule has 5 nitrogen and oxygen atoms in total. The number of hydrogen-bond donors (Lipinski definition) is 1. The average Bonchev–Trinajstić information content (AvgIpc) is 3.23. The van der Waals surface area contributed by atoms with Crippen LogP contribution in [-0.4, -0.2) is 37.3 Å². The van der Waals surface area contributed by atoms with Crippen LogP contribution in [0, 0.1) is 17.8 Å². The zero-order chi connectivity index (χ0) is 16.0. The number of ether oxygens (including phenoxy) is 2. The van der Waals surface area contributed by atoms with E-state index < -0.39 is 6.67 Å². The lowest BCUT2D eigenvalue weighted by atomic mass is 10.1. The Bertz CT molecular complexity index is 767. The number of pyridine rings is 1. The number of hydrogen-bond acceptors (Lipinski definition) is 4. The van der Waals surface area contributed by atoms with E-state index in [0.717, 1.165) is 16.5 Å². The first kappa shape index (κ1) is 14.2. The third kappa shape index (κ3) is 2.29. The lowest BCUT2D eigenvalue weighted by Gasteiger charge is -2.16. The molecule has 0 radical (unpaired) electrons. The van der Waals surface area contributed by atoms with Crippen LogP contribution in [0.3, 0.4) is 0 Å². The molecule has 1 aromatic carbocycles. The molecule has 2 aromatic rings. The largest absolute Gasteiger partial charge is 0.497 e. The summed E-state index contributed by atoms with van der Waals surface area (Å²) < 4.78 is 23.9. The summed E-state index contributed by atoms with van der Waals surface area (Å²) in [4.78, 5) is 16.0. The number of amides is 1. The highest BCUT2D eigenvalue weighted by Crippen LogP contribution is 2.52. The molecule has 1 aliphatic heterocycles. The van der Waals surface area contributed by atoms with Crippen molar-refractivity contribution in [2.75, 3.05) is 20.4 Å². The lowest BCUT2D eigenvalue weighted by molar-refractivity contribution is -0.121. The maximum atomic E-state index is 12.9. The van der Waals surface area contributed by atoms with Gasteiger partial charge in [-0.1, -0.05) is 6.07 Å². The topological polar surface area (TPSA) is 60.5 Å². The number of aromatic nitrogens is 1. The van der Waals surface area contributed by atoms with E-state index in [1.165, 1.54) is 0 Å². The predicted molar refractivity (Wildman–Crippen MR) is 82.2 cm³/mol. The van der Waals surface area contributed by atoms with E-state index in [1.807, 2.05) is 24.3 Å². The zero-order valence-corrected chi connectivity index (χ0v) is 12.7. The van der Waals surface area contributed by atoms with Crippen LogP contribution >= 0.6 is 0 Å². The highest BCUT2D eigenvalue weighted by Gasteiger charge is 2.63. The molecule has 6 heteroatoms. The van der Waals surface area contributed by atoms with Crippen LogP contribution in [0.1, 0.15) is 0 Å². The van der Waals surface area contributed by atoms with Crippen molar-refractivity contribution in [2.24, 2.45) is 17.8 Å². The third-order valence-corrected chi connectivity index (χ3v) is 4.84. The quantitative estimate of drug-likeness (QED) is 0.916. The molecule has 1 amide bonds. The minimum Gasteiger partial charge on any atom is -0.497 e. The standard InChI is InChI=1S/C17H17FN2O3/c1-22-10-3-2-9-4-5-19-17(11(9)6-10)23-8-13-14-12(7-18)15(14)16(21)20-13/h2-6,12-15H,7-8H2,1H3,(H,20,21)/t12-,13-,14+,15-/m1/s1.